The monoisotopic (exact) mass is 250 g/mol. The van der Waals surface area contributed by atoms with Gasteiger partial charge in [-0.2, -0.15) is 0 Å². The van der Waals surface area contributed by atoms with Crippen molar-refractivity contribution in [2.24, 2.45) is 0 Å². The summed E-state index contributed by atoms with van der Waals surface area (Å²) in [6, 6.07) is 7.80. The van der Waals surface area contributed by atoms with E-state index in [9.17, 15) is 4.79 Å². The van der Waals surface area contributed by atoms with Crippen LogP contribution in [0.2, 0.25) is 0 Å². The van der Waals surface area contributed by atoms with Crippen molar-refractivity contribution in [2.45, 2.75) is 38.8 Å². The van der Waals surface area contributed by atoms with E-state index in [0.717, 1.165) is 11.1 Å². The van der Waals surface area contributed by atoms with Crippen molar-refractivity contribution >= 4 is 5.97 Å². The number of rotatable bonds is 2. The molecule has 1 fully saturated rings. The first-order valence-electron chi connectivity index (χ1n) is 5.93. The highest BCUT2D eigenvalue weighted by Gasteiger charge is 2.46. The van der Waals surface area contributed by atoms with Crippen LogP contribution in [0.1, 0.15) is 31.1 Å². The molecule has 0 unspecified atom stereocenters. The zero-order valence-electron chi connectivity index (χ0n) is 11.1. The Labute approximate surface area is 107 Å². The van der Waals surface area contributed by atoms with E-state index in [4.69, 9.17) is 14.2 Å². The number of esters is 1. The molecule has 98 valence electrons. The van der Waals surface area contributed by atoms with Crippen molar-refractivity contribution in [2.75, 3.05) is 7.11 Å². The van der Waals surface area contributed by atoms with E-state index in [2.05, 4.69) is 0 Å². The molecule has 0 amide bonds. The number of methoxy groups -OCH3 is 1. The maximum absolute atomic E-state index is 11.8. The fraction of sp³-hybridized carbons (Fsp3) is 0.500. The molecule has 0 N–H and O–H groups in total. The fourth-order valence-corrected chi connectivity index (χ4v) is 2.18. The number of aryl methyl sites for hydroxylation is 1. The van der Waals surface area contributed by atoms with Crippen molar-refractivity contribution in [3.63, 3.8) is 0 Å². The van der Waals surface area contributed by atoms with Gasteiger partial charge in [0.15, 0.2) is 11.9 Å². The Morgan fingerprint density at radius 3 is 2.56 bits per heavy atom. The van der Waals surface area contributed by atoms with Gasteiger partial charge in [0.25, 0.3) is 0 Å². The van der Waals surface area contributed by atoms with Crippen LogP contribution < -0.4 is 0 Å². The molecule has 18 heavy (non-hydrogen) atoms. The lowest BCUT2D eigenvalue weighted by Crippen LogP contribution is -2.29. The first-order valence-corrected chi connectivity index (χ1v) is 5.93. The second-order valence-electron chi connectivity index (χ2n) is 4.86. The lowest BCUT2D eigenvalue weighted by Gasteiger charge is -2.18. The number of benzene rings is 1. The van der Waals surface area contributed by atoms with E-state index in [1.807, 2.05) is 31.2 Å². The molecule has 4 heteroatoms. The molecule has 0 radical (unpaired) electrons. The van der Waals surface area contributed by atoms with Crippen LogP contribution in [0.4, 0.5) is 0 Å². The van der Waals surface area contributed by atoms with E-state index in [-0.39, 0.29) is 0 Å². The van der Waals surface area contributed by atoms with E-state index in [0.29, 0.717) is 0 Å². The smallest absolute Gasteiger partial charge is 0.338 e. The van der Waals surface area contributed by atoms with Crippen LogP contribution in [-0.2, 0) is 19.0 Å². The Bertz CT molecular complexity index is 453. The molecular formula is C14H18O4. The van der Waals surface area contributed by atoms with Gasteiger partial charge in [-0.15, -0.1) is 0 Å². The van der Waals surface area contributed by atoms with Gasteiger partial charge < -0.3 is 14.2 Å². The lowest BCUT2D eigenvalue weighted by molar-refractivity contribution is -0.168. The summed E-state index contributed by atoms with van der Waals surface area (Å²) in [5.74, 6) is -1.19. The highest BCUT2D eigenvalue weighted by atomic mass is 16.8. The van der Waals surface area contributed by atoms with Crippen molar-refractivity contribution < 1.29 is 19.0 Å². The first kappa shape index (κ1) is 13.1. The standard InChI is InChI=1S/C14H18O4/c1-9-7-5-6-8-10(9)11-12(13(15)16-4)18-14(2,3)17-11/h5-8,11-12H,1-4H3/t11-,12+/m0/s1. The summed E-state index contributed by atoms with van der Waals surface area (Å²) in [7, 11) is 1.35. The third-order valence-corrected chi connectivity index (χ3v) is 3.03. The van der Waals surface area contributed by atoms with Gasteiger partial charge in [0, 0.05) is 0 Å². The third kappa shape index (κ3) is 2.40. The summed E-state index contributed by atoms with van der Waals surface area (Å²) >= 11 is 0. The molecule has 2 atom stereocenters. The third-order valence-electron chi connectivity index (χ3n) is 3.03. The zero-order valence-corrected chi connectivity index (χ0v) is 11.1. The molecule has 1 aliphatic heterocycles. The van der Waals surface area contributed by atoms with E-state index in [1.54, 1.807) is 13.8 Å². The molecule has 1 aromatic rings. The van der Waals surface area contributed by atoms with E-state index in [1.165, 1.54) is 7.11 Å². The van der Waals surface area contributed by atoms with Crippen LogP contribution in [0.5, 0.6) is 0 Å². The van der Waals surface area contributed by atoms with Crippen LogP contribution in [0.15, 0.2) is 24.3 Å². The summed E-state index contributed by atoms with van der Waals surface area (Å²) in [5.41, 5.74) is 2.02. The van der Waals surface area contributed by atoms with Gasteiger partial charge in [0.1, 0.15) is 6.10 Å². The minimum absolute atomic E-state index is 0.408. The van der Waals surface area contributed by atoms with Crippen LogP contribution in [0.3, 0.4) is 0 Å². The number of carbonyl (C=O) groups excluding carboxylic acids is 1. The molecule has 2 rings (SSSR count). The molecule has 1 aliphatic rings. The van der Waals surface area contributed by atoms with Crippen LogP contribution in [0.25, 0.3) is 0 Å². The second kappa shape index (κ2) is 4.71. The Kier molecular flexibility index (Phi) is 3.41. The minimum Gasteiger partial charge on any atom is -0.467 e. The molecule has 0 aromatic heterocycles. The first-order chi connectivity index (χ1) is 8.44. The van der Waals surface area contributed by atoms with Crippen LogP contribution in [-0.4, -0.2) is 25.0 Å². The van der Waals surface area contributed by atoms with Gasteiger partial charge in [0.05, 0.1) is 7.11 Å². The van der Waals surface area contributed by atoms with Gasteiger partial charge in [-0.3, -0.25) is 0 Å². The van der Waals surface area contributed by atoms with Crippen molar-refractivity contribution in [1.82, 2.24) is 0 Å². The van der Waals surface area contributed by atoms with Gasteiger partial charge in [-0.1, -0.05) is 24.3 Å². The SMILES string of the molecule is COC(=O)[C@@H]1OC(C)(C)O[C@H]1c1ccccc1C. The largest absolute Gasteiger partial charge is 0.467 e. The van der Waals surface area contributed by atoms with Gasteiger partial charge in [-0.25, -0.2) is 4.79 Å². The van der Waals surface area contributed by atoms with E-state index >= 15 is 0 Å². The van der Waals surface area contributed by atoms with Crippen molar-refractivity contribution in [3.8, 4) is 0 Å². The summed E-state index contributed by atoms with van der Waals surface area (Å²) in [6.07, 6.45) is -1.14. The average molecular weight is 250 g/mol. The van der Waals surface area contributed by atoms with Gasteiger partial charge in [-0.05, 0) is 31.9 Å². The summed E-state index contributed by atoms with van der Waals surface area (Å²) in [6.45, 7) is 5.57. The van der Waals surface area contributed by atoms with E-state index < -0.39 is 24.0 Å². The Morgan fingerprint density at radius 2 is 1.94 bits per heavy atom. The Morgan fingerprint density at radius 1 is 1.28 bits per heavy atom. The summed E-state index contributed by atoms with van der Waals surface area (Å²) < 4.78 is 16.2. The van der Waals surface area contributed by atoms with Gasteiger partial charge in [0.2, 0.25) is 0 Å². The number of ether oxygens (including phenoxy) is 3. The predicted octanol–water partition coefficient (Wildman–Crippen LogP) is 2.36. The molecule has 0 bridgehead atoms. The maximum Gasteiger partial charge on any atom is 0.338 e. The maximum atomic E-state index is 11.8. The number of hydrogen-bond donors (Lipinski definition) is 0. The van der Waals surface area contributed by atoms with Crippen LogP contribution >= 0.6 is 0 Å². The van der Waals surface area contributed by atoms with Crippen molar-refractivity contribution in [1.29, 1.82) is 0 Å². The second-order valence-corrected chi connectivity index (χ2v) is 4.86. The Hall–Kier alpha value is -1.39. The minimum atomic E-state index is -0.786. The molecule has 1 aromatic carbocycles. The topological polar surface area (TPSA) is 44.8 Å². The normalized spacial score (nSPS) is 26.0. The summed E-state index contributed by atoms with van der Waals surface area (Å²) in [4.78, 5) is 11.8. The lowest BCUT2D eigenvalue weighted by atomic mass is 10.00. The molecule has 0 aliphatic carbocycles. The highest BCUT2D eigenvalue weighted by Crippen LogP contribution is 2.39. The molecular weight excluding hydrogens is 232 g/mol. The number of hydrogen-bond acceptors (Lipinski definition) is 4. The average Bonchev–Trinajstić information content (AvgIpc) is 2.65. The summed E-state index contributed by atoms with van der Waals surface area (Å²) in [5, 5.41) is 0. The van der Waals surface area contributed by atoms with Crippen LogP contribution in [0, 0.1) is 6.92 Å². The quantitative estimate of drug-likeness (QED) is 0.756. The molecule has 0 spiro atoms. The predicted molar refractivity (Wildman–Crippen MR) is 66.0 cm³/mol. The molecule has 4 nitrogen and oxygen atoms in total. The Balaban J connectivity index is 2.35. The molecule has 1 heterocycles. The van der Waals surface area contributed by atoms with Crippen molar-refractivity contribution in [3.05, 3.63) is 35.4 Å². The van der Waals surface area contributed by atoms with Gasteiger partial charge >= 0.3 is 5.97 Å². The number of carbonyl (C=O) groups is 1. The highest BCUT2D eigenvalue weighted by molar-refractivity contribution is 5.76. The molecule has 0 saturated carbocycles. The fourth-order valence-electron chi connectivity index (χ4n) is 2.18. The zero-order chi connectivity index (χ0) is 13.3. The molecule has 1 saturated heterocycles.